The van der Waals surface area contributed by atoms with E-state index in [1.165, 1.54) is 0 Å². The highest BCUT2D eigenvalue weighted by atomic mass is 16.4. The van der Waals surface area contributed by atoms with E-state index >= 15 is 0 Å². The molecular formula is C10H14N6O. The third-order valence-electron chi connectivity index (χ3n) is 2.05. The molecule has 2 aromatic rings. The van der Waals surface area contributed by atoms with Gasteiger partial charge in [0, 0.05) is 6.20 Å². The molecule has 0 aliphatic carbocycles. The topological polar surface area (TPSA) is 88.8 Å². The number of rotatable bonds is 5. The molecule has 0 radical (unpaired) electrons. The number of nitrogens with zero attached hydrogens (tertiary/aromatic N) is 4. The molecule has 0 unspecified atom stereocenters. The fourth-order valence-corrected chi connectivity index (χ4v) is 1.32. The van der Waals surface area contributed by atoms with Crippen molar-refractivity contribution in [3.63, 3.8) is 0 Å². The minimum Gasteiger partial charge on any atom is -0.407 e. The Kier molecular flexibility index (Phi) is 3.61. The Bertz CT molecular complexity index is 483. The number of aryl methyl sites for hydroxylation is 1. The molecular weight excluding hydrogens is 220 g/mol. The summed E-state index contributed by atoms with van der Waals surface area (Å²) in [6.45, 7) is 2.94. The third kappa shape index (κ3) is 3.22. The fourth-order valence-electron chi connectivity index (χ4n) is 1.32. The summed E-state index contributed by atoms with van der Waals surface area (Å²) in [5.41, 5.74) is 0.880. The second-order valence-electron chi connectivity index (χ2n) is 3.48. The predicted octanol–water partition coefficient (Wildman–Crippen LogP) is 0.500. The molecule has 2 N–H and O–H groups in total. The van der Waals surface area contributed by atoms with Gasteiger partial charge in [-0.2, -0.15) is 0 Å². The van der Waals surface area contributed by atoms with Crippen LogP contribution in [0.4, 0.5) is 6.01 Å². The maximum Gasteiger partial charge on any atom is 0.315 e. The number of hydrogen-bond donors (Lipinski definition) is 2. The van der Waals surface area contributed by atoms with Crippen LogP contribution in [-0.2, 0) is 13.1 Å². The Morgan fingerprint density at radius 1 is 1.29 bits per heavy atom. The predicted molar refractivity (Wildman–Crippen MR) is 61.2 cm³/mol. The Morgan fingerprint density at radius 2 is 2.18 bits per heavy atom. The molecule has 0 aliphatic rings. The van der Waals surface area contributed by atoms with Crippen molar-refractivity contribution in [1.82, 2.24) is 25.5 Å². The van der Waals surface area contributed by atoms with E-state index in [9.17, 15) is 0 Å². The van der Waals surface area contributed by atoms with Crippen LogP contribution in [0.15, 0.2) is 16.7 Å². The lowest BCUT2D eigenvalue weighted by Crippen LogP contribution is -2.05. The summed E-state index contributed by atoms with van der Waals surface area (Å²) < 4.78 is 5.34. The Morgan fingerprint density at radius 3 is 2.94 bits per heavy atom. The van der Waals surface area contributed by atoms with E-state index in [1.807, 2.05) is 20.0 Å². The van der Waals surface area contributed by atoms with Gasteiger partial charge in [-0.3, -0.25) is 0 Å². The van der Waals surface area contributed by atoms with Crippen molar-refractivity contribution in [2.45, 2.75) is 20.0 Å². The molecule has 2 rings (SSSR count). The van der Waals surface area contributed by atoms with E-state index in [0.29, 0.717) is 25.0 Å². The lowest BCUT2D eigenvalue weighted by atomic mass is 10.4. The van der Waals surface area contributed by atoms with Crippen LogP contribution in [0, 0.1) is 6.92 Å². The van der Waals surface area contributed by atoms with Crippen LogP contribution in [0.3, 0.4) is 0 Å². The Balaban J connectivity index is 1.93. The molecule has 0 atom stereocenters. The van der Waals surface area contributed by atoms with Crippen molar-refractivity contribution < 1.29 is 4.42 Å². The molecule has 0 aromatic carbocycles. The van der Waals surface area contributed by atoms with Gasteiger partial charge in [0.2, 0.25) is 5.89 Å². The highest BCUT2D eigenvalue weighted by molar-refractivity contribution is 5.19. The second-order valence-corrected chi connectivity index (χ2v) is 3.48. The third-order valence-corrected chi connectivity index (χ3v) is 2.05. The number of nitrogens with one attached hydrogen (secondary N) is 2. The van der Waals surface area contributed by atoms with Crippen molar-refractivity contribution in [3.8, 4) is 0 Å². The van der Waals surface area contributed by atoms with Crippen molar-refractivity contribution in [2.75, 3.05) is 12.4 Å². The molecule has 7 nitrogen and oxygen atoms in total. The first-order valence-electron chi connectivity index (χ1n) is 5.27. The second kappa shape index (κ2) is 5.35. The van der Waals surface area contributed by atoms with Gasteiger partial charge < -0.3 is 15.1 Å². The van der Waals surface area contributed by atoms with Crippen molar-refractivity contribution in [3.05, 3.63) is 29.7 Å². The lowest BCUT2D eigenvalue weighted by Gasteiger charge is -2.01. The van der Waals surface area contributed by atoms with E-state index in [2.05, 4.69) is 30.8 Å². The van der Waals surface area contributed by atoms with Gasteiger partial charge in [0.1, 0.15) is 5.82 Å². The van der Waals surface area contributed by atoms with Crippen molar-refractivity contribution >= 4 is 6.01 Å². The van der Waals surface area contributed by atoms with E-state index in [4.69, 9.17) is 4.42 Å². The minimum absolute atomic E-state index is 0.395. The van der Waals surface area contributed by atoms with Crippen molar-refractivity contribution in [2.24, 2.45) is 0 Å². The standard InChI is InChI=1S/C10H14N6O/c1-7-12-4-3-8(14-7)5-13-10-16-15-9(17-10)6-11-2/h3-4,11H,5-6H2,1-2H3,(H,13,16). The smallest absolute Gasteiger partial charge is 0.315 e. The molecule has 7 heteroatoms. The summed E-state index contributed by atoms with van der Waals surface area (Å²) in [6.07, 6.45) is 1.72. The van der Waals surface area contributed by atoms with Gasteiger partial charge in [-0.15, -0.1) is 5.10 Å². The quantitative estimate of drug-likeness (QED) is 0.778. The number of anilines is 1. The summed E-state index contributed by atoms with van der Waals surface area (Å²) in [5, 5.41) is 13.7. The molecule has 0 fully saturated rings. The molecule has 2 heterocycles. The number of aromatic nitrogens is 4. The lowest BCUT2D eigenvalue weighted by molar-refractivity contribution is 0.489. The first-order chi connectivity index (χ1) is 8.28. The molecule has 90 valence electrons. The monoisotopic (exact) mass is 234 g/mol. The van der Waals surface area contributed by atoms with Crippen LogP contribution in [0.1, 0.15) is 17.4 Å². The van der Waals surface area contributed by atoms with E-state index < -0.39 is 0 Å². The zero-order valence-corrected chi connectivity index (χ0v) is 9.77. The molecule has 0 amide bonds. The number of hydrogen-bond acceptors (Lipinski definition) is 7. The Hall–Kier alpha value is -2.02. The summed E-state index contributed by atoms with van der Waals surface area (Å²) in [6, 6.07) is 2.23. The largest absolute Gasteiger partial charge is 0.407 e. The van der Waals surface area contributed by atoms with Gasteiger partial charge in [0.15, 0.2) is 0 Å². The van der Waals surface area contributed by atoms with Gasteiger partial charge >= 0.3 is 6.01 Å². The molecule has 0 spiro atoms. The summed E-state index contributed by atoms with van der Waals surface area (Å²) >= 11 is 0. The molecule has 0 bridgehead atoms. The zero-order chi connectivity index (χ0) is 12.1. The summed E-state index contributed by atoms with van der Waals surface area (Å²) in [4.78, 5) is 8.28. The highest BCUT2D eigenvalue weighted by Crippen LogP contribution is 2.06. The summed E-state index contributed by atoms with van der Waals surface area (Å²) in [7, 11) is 1.82. The van der Waals surface area contributed by atoms with Crippen LogP contribution in [0.2, 0.25) is 0 Å². The highest BCUT2D eigenvalue weighted by Gasteiger charge is 2.04. The first-order valence-corrected chi connectivity index (χ1v) is 5.27. The van der Waals surface area contributed by atoms with E-state index in [-0.39, 0.29) is 0 Å². The zero-order valence-electron chi connectivity index (χ0n) is 9.77. The van der Waals surface area contributed by atoms with Gasteiger partial charge in [-0.05, 0) is 20.0 Å². The van der Waals surface area contributed by atoms with Gasteiger partial charge in [0.25, 0.3) is 0 Å². The average Bonchev–Trinajstić information content (AvgIpc) is 2.75. The maximum atomic E-state index is 5.34. The van der Waals surface area contributed by atoms with Gasteiger partial charge in [-0.1, -0.05) is 5.10 Å². The van der Waals surface area contributed by atoms with Crippen LogP contribution >= 0.6 is 0 Å². The normalized spacial score (nSPS) is 10.5. The van der Waals surface area contributed by atoms with E-state index in [1.54, 1.807) is 6.20 Å². The maximum absolute atomic E-state index is 5.34. The molecule has 17 heavy (non-hydrogen) atoms. The molecule has 2 aromatic heterocycles. The van der Waals surface area contributed by atoms with Crippen molar-refractivity contribution in [1.29, 1.82) is 0 Å². The fraction of sp³-hybridized carbons (Fsp3) is 0.400. The van der Waals surface area contributed by atoms with Gasteiger partial charge in [-0.25, -0.2) is 9.97 Å². The van der Waals surface area contributed by atoms with Crippen LogP contribution in [0.25, 0.3) is 0 Å². The minimum atomic E-state index is 0.395. The van der Waals surface area contributed by atoms with E-state index in [0.717, 1.165) is 11.5 Å². The first kappa shape index (κ1) is 11.5. The van der Waals surface area contributed by atoms with Crippen LogP contribution < -0.4 is 10.6 Å². The van der Waals surface area contributed by atoms with Crippen LogP contribution in [-0.4, -0.2) is 27.2 Å². The van der Waals surface area contributed by atoms with Gasteiger partial charge in [0.05, 0.1) is 18.8 Å². The molecule has 0 saturated heterocycles. The molecule has 0 aliphatic heterocycles. The van der Waals surface area contributed by atoms with Crippen LogP contribution in [0.5, 0.6) is 0 Å². The molecule has 0 saturated carbocycles. The average molecular weight is 234 g/mol. The Labute approximate surface area is 98.7 Å². The summed E-state index contributed by atoms with van der Waals surface area (Å²) in [5.74, 6) is 1.29. The SMILES string of the molecule is CNCc1nnc(NCc2ccnc(C)n2)o1.